The molecule has 0 bridgehead atoms. The molecule has 1 aliphatic heterocycles. The molecule has 2 aromatic rings. The Bertz CT molecular complexity index is 952. The summed E-state index contributed by atoms with van der Waals surface area (Å²) in [4.78, 5) is 36.3. The van der Waals surface area contributed by atoms with E-state index in [0.29, 0.717) is 22.6 Å². The fourth-order valence-corrected chi connectivity index (χ4v) is 2.69. The van der Waals surface area contributed by atoms with E-state index in [2.05, 4.69) is 0 Å². The Hall–Kier alpha value is -3.61. The number of cyclic esters (lactones) is 2. The summed E-state index contributed by atoms with van der Waals surface area (Å²) in [6.07, 6.45) is 1.35. The van der Waals surface area contributed by atoms with E-state index in [1.165, 1.54) is 27.0 Å². The number of benzene rings is 2. The van der Waals surface area contributed by atoms with E-state index in [4.69, 9.17) is 18.9 Å². The van der Waals surface area contributed by atoms with Gasteiger partial charge in [-0.3, -0.25) is 4.79 Å². The summed E-state index contributed by atoms with van der Waals surface area (Å²) in [5.74, 6) is -2.30. The second-order valence-corrected chi connectivity index (χ2v) is 6.73. The summed E-state index contributed by atoms with van der Waals surface area (Å²) in [7, 11) is 1.45. The van der Waals surface area contributed by atoms with E-state index in [1.807, 2.05) is 6.07 Å². The second-order valence-electron chi connectivity index (χ2n) is 6.73. The molecule has 0 saturated carbocycles. The minimum atomic E-state index is -1.30. The van der Waals surface area contributed by atoms with Gasteiger partial charge in [0.25, 0.3) is 5.79 Å². The number of Topliss-reactive ketones (excluding diaryl/α,β-unsaturated/α-hetero) is 1. The highest BCUT2D eigenvalue weighted by Gasteiger charge is 2.38. The zero-order valence-corrected chi connectivity index (χ0v) is 16.3. The van der Waals surface area contributed by atoms with E-state index in [1.54, 1.807) is 42.5 Å². The van der Waals surface area contributed by atoms with Crippen LogP contribution in [0.1, 0.15) is 29.8 Å². The second kappa shape index (κ2) is 8.18. The van der Waals surface area contributed by atoms with Crippen LogP contribution in [0.15, 0.2) is 54.1 Å². The Morgan fingerprint density at radius 2 is 1.66 bits per heavy atom. The summed E-state index contributed by atoms with van der Waals surface area (Å²) in [5.41, 5.74) is 0.830. The van der Waals surface area contributed by atoms with Gasteiger partial charge in [0.15, 0.2) is 23.9 Å². The van der Waals surface area contributed by atoms with Crippen LogP contribution in [-0.4, -0.2) is 37.2 Å². The Kier molecular flexibility index (Phi) is 5.68. The maximum Gasteiger partial charge on any atom is 0.348 e. The molecule has 0 atom stereocenters. The van der Waals surface area contributed by atoms with Crippen LogP contribution in [0.3, 0.4) is 0 Å². The molecule has 0 spiro atoms. The number of methoxy groups -OCH3 is 1. The number of hydrogen-bond acceptors (Lipinski definition) is 7. The van der Waals surface area contributed by atoms with E-state index >= 15 is 0 Å². The topological polar surface area (TPSA) is 88.1 Å². The quantitative estimate of drug-likeness (QED) is 0.321. The van der Waals surface area contributed by atoms with Crippen molar-refractivity contribution in [2.45, 2.75) is 19.6 Å². The lowest BCUT2D eigenvalue weighted by Crippen LogP contribution is -2.41. The molecule has 7 nitrogen and oxygen atoms in total. The molecular weight excluding hydrogens is 376 g/mol. The fraction of sp³-hybridized carbons (Fsp3) is 0.227. The fourth-order valence-electron chi connectivity index (χ4n) is 2.69. The van der Waals surface area contributed by atoms with Gasteiger partial charge in [0.1, 0.15) is 5.57 Å². The number of carbonyl (C=O) groups is 3. The SMILES string of the molecule is COc1cc(C=C2C(=O)OC(C)(C)OC2=O)ccc1OCC(=O)c1ccccc1. The molecule has 29 heavy (non-hydrogen) atoms. The standard InChI is InChI=1S/C22H20O7/c1-22(2)28-20(24)16(21(25)29-22)11-14-9-10-18(19(12-14)26-3)27-13-17(23)15-7-5-4-6-8-15/h4-12H,13H2,1-3H3. The first-order valence-corrected chi connectivity index (χ1v) is 8.86. The van der Waals surface area contributed by atoms with Gasteiger partial charge in [0.05, 0.1) is 7.11 Å². The van der Waals surface area contributed by atoms with E-state index in [-0.39, 0.29) is 18.0 Å². The van der Waals surface area contributed by atoms with Gasteiger partial charge >= 0.3 is 11.9 Å². The third-order valence-electron chi connectivity index (χ3n) is 4.07. The third-order valence-corrected chi connectivity index (χ3v) is 4.07. The summed E-state index contributed by atoms with van der Waals surface area (Å²) in [6, 6.07) is 13.6. The summed E-state index contributed by atoms with van der Waals surface area (Å²) >= 11 is 0. The molecule has 1 saturated heterocycles. The van der Waals surface area contributed by atoms with Crippen molar-refractivity contribution >= 4 is 23.8 Å². The number of rotatable bonds is 6. The number of esters is 2. The van der Waals surface area contributed by atoms with Crippen LogP contribution in [0.2, 0.25) is 0 Å². The maximum absolute atomic E-state index is 12.2. The van der Waals surface area contributed by atoms with Crippen molar-refractivity contribution in [1.82, 2.24) is 0 Å². The Morgan fingerprint density at radius 3 is 2.28 bits per heavy atom. The smallest absolute Gasteiger partial charge is 0.348 e. The van der Waals surface area contributed by atoms with Crippen LogP contribution in [0.25, 0.3) is 6.08 Å². The number of ether oxygens (including phenoxy) is 4. The Balaban J connectivity index is 1.76. The zero-order valence-electron chi connectivity index (χ0n) is 16.3. The lowest BCUT2D eigenvalue weighted by atomic mass is 10.1. The van der Waals surface area contributed by atoms with Crippen LogP contribution in [0.4, 0.5) is 0 Å². The molecule has 1 heterocycles. The Labute approximate surface area is 167 Å². The van der Waals surface area contributed by atoms with Gasteiger partial charge in [0.2, 0.25) is 0 Å². The van der Waals surface area contributed by atoms with E-state index in [9.17, 15) is 14.4 Å². The van der Waals surface area contributed by atoms with Crippen LogP contribution >= 0.6 is 0 Å². The molecule has 3 rings (SSSR count). The molecule has 0 aromatic heterocycles. The van der Waals surface area contributed by atoms with E-state index < -0.39 is 17.7 Å². The summed E-state index contributed by atoms with van der Waals surface area (Å²) in [6.45, 7) is 2.80. The van der Waals surface area contributed by atoms with Crippen molar-refractivity contribution in [1.29, 1.82) is 0 Å². The molecule has 0 aliphatic carbocycles. The summed E-state index contributed by atoms with van der Waals surface area (Å²) in [5, 5.41) is 0. The number of hydrogen-bond donors (Lipinski definition) is 0. The van der Waals surface area contributed by atoms with Crippen molar-refractivity contribution in [2.24, 2.45) is 0 Å². The average Bonchev–Trinajstić information content (AvgIpc) is 2.69. The largest absolute Gasteiger partial charge is 0.493 e. The summed E-state index contributed by atoms with van der Waals surface area (Å²) < 4.78 is 21.0. The van der Waals surface area contributed by atoms with Crippen LogP contribution in [0, 0.1) is 0 Å². The maximum atomic E-state index is 12.2. The average molecular weight is 396 g/mol. The van der Waals surface area contributed by atoms with Crippen LogP contribution in [0.5, 0.6) is 11.5 Å². The van der Waals surface area contributed by atoms with Gasteiger partial charge in [-0.1, -0.05) is 36.4 Å². The zero-order chi connectivity index (χ0) is 21.0. The normalized spacial score (nSPS) is 15.2. The van der Waals surface area contributed by atoms with Crippen molar-refractivity contribution in [3.63, 3.8) is 0 Å². The van der Waals surface area contributed by atoms with Gasteiger partial charge in [-0.15, -0.1) is 0 Å². The monoisotopic (exact) mass is 396 g/mol. The van der Waals surface area contributed by atoms with Crippen molar-refractivity contribution in [2.75, 3.05) is 13.7 Å². The van der Waals surface area contributed by atoms with E-state index in [0.717, 1.165) is 0 Å². The Morgan fingerprint density at radius 1 is 1.00 bits per heavy atom. The number of carbonyl (C=O) groups excluding carboxylic acids is 3. The molecule has 0 amide bonds. The van der Waals surface area contributed by atoms with Crippen molar-refractivity contribution in [3.05, 3.63) is 65.2 Å². The van der Waals surface area contributed by atoms with Gasteiger partial charge in [-0.25, -0.2) is 9.59 Å². The van der Waals surface area contributed by atoms with Gasteiger partial charge in [0, 0.05) is 19.4 Å². The predicted molar refractivity (Wildman–Crippen MR) is 104 cm³/mol. The highest BCUT2D eigenvalue weighted by Crippen LogP contribution is 2.30. The van der Waals surface area contributed by atoms with Crippen LogP contribution in [-0.2, 0) is 19.1 Å². The van der Waals surface area contributed by atoms with Crippen molar-refractivity contribution < 1.29 is 33.3 Å². The predicted octanol–water partition coefficient (Wildman–Crippen LogP) is 3.18. The first-order valence-electron chi connectivity index (χ1n) is 8.86. The molecule has 0 unspecified atom stereocenters. The van der Waals surface area contributed by atoms with Crippen molar-refractivity contribution in [3.8, 4) is 11.5 Å². The molecule has 7 heteroatoms. The molecule has 150 valence electrons. The lowest BCUT2D eigenvalue weighted by molar-refractivity contribution is -0.222. The first kappa shape index (κ1) is 20.1. The van der Waals surface area contributed by atoms with Crippen LogP contribution < -0.4 is 9.47 Å². The molecule has 1 fully saturated rings. The third kappa shape index (κ3) is 4.82. The molecule has 0 N–H and O–H groups in total. The number of ketones is 1. The minimum Gasteiger partial charge on any atom is -0.493 e. The minimum absolute atomic E-state index is 0.158. The highest BCUT2D eigenvalue weighted by molar-refractivity contribution is 6.18. The molecule has 0 radical (unpaired) electrons. The first-order chi connectivity index (χ1) is 13.8. The molecule has 1 aliphatic rings. The highest BCUT2D eigenvalue weighted by atomic mass is 16.7. The van der Waals surface area contributed by atoms with Gasteiger partial charge in [-0.05, 0) is 23.8 Å². The molecular formula is C22H20O7. The lowest BCUT2D eigenvalue weighted by Gasteiger charge is -2.29. The molecule has 2 aromatic carbocycles. The van der Waals surface area contributed by atoms with Gasteiger partial charge < -0.3 is 18.9 Å². The van der Waals surface area contributed by atoms with Gasteiger partial charge in [-0.2, -0.15) is 0 Å².